The molecule has 6 nitrogen and oxygen atoms in total. The van der Waals surface area contributed by atoms with E-state index in [0.717, 1.165) is 50.6 Å². The van der Waals surface area contributed by atoms with Gasteiger partial charge >= 0.3 is 0 Å². The summed E-state index contributed by atoms with van der Waals surface area (Å²) in [6.45, 7) is 3.30. The summed E-state index contributed by atoms with van der Waals surface area (Å²) in [6.07, 6.45) is 4.64. The maximum absolute atomic E-state index is 13.9. The molecule has 1 saturated heterocycles. The lowest BCUT2D eigenvalue weighted by Crippen LogP contribution is -2.30. The first-order valence-electron chi connectivity index (χ1n) is 8.80. The fourth-order valence-electron chi connectivity index (χ4n) is 3.43. The number of aryl methyl sites for hydroxylation is 1. The van der Waals surface area contributed by atoms with Crippen LogP contribution in [0.25, 0.3) is 11.1 Å². The molecule has 0 radical (unpaired) electrons. The standard InChI is InChI=1S/C19H18F2N4O2/c1-11-15(18(26)24-14-9-12(20)5-6-13(14)21)16-17(22-10-23-19(16)27-11)25-7-3-2-4-8-25/h5-6,9-10H,2-4,7-8H2,1H3,(H,24,26). The predicted octanol–water partition coefficient (Wildman–Crippen LogP) is 4.05. The predicted molar refractivity (Wildman–Crippen MR) is 96.9 cm³/mol. The quantitative estimate of drug-likeness (QED) is 0.751. The van der Waals surface area contributed by atoms with Crippen molar-refractivity contribution in [1.29, 1.82) is 0 Å². The van der Waals surface area contributed by atoms with Gasteiger partial charge in [-0.15, -0.1) is 0 Å². The maximum Gasteiger partial charge on any atom is 0.260 e. The van der Waals surface area contributed by atoms with Crippen LogP contribution in [0.3, 0.4) is 0 Å². The number of benzene rings is 1. The molecule has 0 aliphatic carbocycles. The molecule has 4 rings (SSSR count). The SMILES string of the molecule is Cc1oc2ncnc(N3CCCCC3)c2c1C(=O)Nc1cc(F)ccc1F. The Kier molecular flexibility index (Phi) is 4.47. The first-order valence-corrected chi connectivity index (χ1v) is 8.80. The number of halogens is 2. The monoisotopic (exact) mass is 372 g/mol. The Morgan fingerprint density at radius 3 is 2.74 bits per heavy atom. The molecule has 27 heavy (non-hydrogen) atoms. The van der Waals surface area contributed by atoms with Crippen LogP contribution >= 0.6 is 0 Å². The molecule has 0 atom stereocenters. The van der Waals surface area contributed by atoms with E-state index in [4.69, 9.17) is 4.42 Å². The molecule has 1 fully saturated rings. The van der Waals surface area contributed by atoms with Gasteiger partial charge in [-0.25, -0.2) is 18.7 Å². The molecule has 0 saturated carbocycles. The largest absolute Gasteiger partial charge is 0.442 e. The molecular weight excluding hydrogens is 354 g/mol. The highest BCUT2D eigenvalue weighted by Gasteiger charge is 2.26. The number of amides is 1. The molecule has 3 aromatic rings. The highest BCUT2D eigenvalue weighted by Crippen LogP contribution is 2.33. The average molecular weight is 372 g/mol. The third-order valence-corrected chi connectivity index (χ3v) is 4.70. The summed E-state index contributed by atoms with van der Waals surface area (Å²) < 4.78 is 33.0. The number of hydrogen-bond donors (Lipinski definition) is 1. The minimum atomic E-state index is -0.720. The number of nitrogens with one attached hydrogen (secondary N) is 1. The lowest BCUT2D eigenvalue weighted by atomic mass is 10.1. The van der Waals surface area contributed by atoms with Crippen LogP contribution < -0.4 is 10.2 Å². The Labute approximate surface area is 154 Å². The van der Waals surface area contributed by atoms with E-state index in [0.29, 0.717) is 22.7 Å². The zero-order valence-electron chi connectivity index (χ0n) is 14.8. The summed E-state index contributed by atoms with van der Waals surface area (Å²) in [5.41, 5.74) is 0.299. The van der Waals surface area contributed by atoms with Gasteiger partial charge in [0.05, 0.1) is 16.6 Å². The van der Waals surface area contributed by atoms with Gasteiger partial charge in [0.25, 0.3) is 5.91 Å². The Balaban J connectivity index is 1.77. The van der Waals surface area contributed by atoms with Gasteiger partial charge in [-0.2, -0.15) is 0 Å². The van der Waals surface area contributed by atoms with E-state index in [1.807, 2.05) is 0 Å². The first-order chi connectivity index (χ1) is 13.0. The molecule has 0 spiro atoms. The molecule has 0 bridgehead atoms. The van der Waals surface area contributed by atoms with Crippen LogP contribution in [0, 0.1) is 18.6 Å². The minimum Gasteiger partial charge on any atom is -0.442 e. The smallest absolute Gasteiger partial charge is 0.260 e. The minimum absolute atomic E-state index is 0.231. The van der Waals surface area contributed by atoms with Gasteiger partial charge in [0.1, 0.15) is 29.5 Å². The molecule has 0 unspecified atom stereocenters. The van der Waals surface area contributed by atoms with Crippen LogP contribution in [0.5, 0.6) is 0 Å². The summed E-state index contributed by atoms with van der Waals surface area (Å²) in [7, 11) is 0. The number of hydrogen-bond acceptors (Lipinski definition) is 5. The molecule has 1 N–H and O–H groups in total. The zero-order chi connectivity index (χ0) is 19.0. The number of rotatable bonds is 3. The normalized spacial score (nSPS) is 14.6. The molecule has 1 aliphatic rings. The number of aromatic nitrogens is 2. The lowest BCUT2D eigenvalue weighted by molar-refractivity contribution is 0.102. The highest BCUT2D eigenvalue weighted by atomic mass is 19.1. The Morgan fingerprint density at radius 1 is 1.19 bits per heavy atom. The van der Waals surface area contributed by atoms with Crippen LogP contribution in [-0.4, -0.2) is 29.0 Å². The highest BCUT2D eigenvalue weighted by molar-refractivity contribution is 6.15. The van der Waals surface area contributed by atoms with Gasteiger partial charge in [-0.1, -0.05) is 0 Å². The van der Waals surface area contributed by atoms with Crippen molar-refractivity contribution in [1.82, 2.24) is 9.97 Å². The van der Waals surface area contributed by atoms with Crippen LogP contribution in [0.2, 0.25) is 0 Å². The number of carbonyl (C=O) groups is 1. The first kappa shape index (κ1) is 17.4. The van der Waals surface area contributed by atoms with E-state index in [1.165, 1.54) is 6.33 Å². The number of fused-ring (bicyclic) bond motifs is 1. The molecule has 140 valence electrons. The average Bonchev–Trinajstić information content (AvgIpc) is 3.01. The van der Waals surface area contributed by atoms with Gasteiger partial charge in [-0.3, -0.25) is 4.79 Å². The fourth-order valence-corrected chi connectivity index (χ4v) is 3.43. The van der Waals surface area contributed by atoms with E-state index in [-0.39, 0.29) is 11.3 Å². The molecule has 1 aromatic carbocycles. The molecule has 1 amide bonds. The third-order valence-electron chi connectivity index (χ3n) is 4.70. The van der Waals surface area contributed by atoms with Crippen molar-refractivity contribution in [2.45, 2.75) is 26.2 Å². The van der Waals surface area contributed by atoms with Gasteiger partial charge < -0.3 is 14.6 Å². The number of carbonyl (C=O) groups excluding carboxylic acids is 1. The van der Waals surface area contributed by atoms with Crippen LogP contribution in [0.4, 0.5) is 20.3 Å². The summed E-state index contributed by atoms with van der Waals surface area (Å²) in [5, 5.41) is 2.92. The summed E-state index contributed by atoms with van der Waals surface area (Å²) >= 11 is 0. The Morgan fingerprint density at radius 2 is 1.96 bits per heavy atom. The second-order valence-corrected chi connectivity index (χ2v) is 6.54. The van der Waals surface area contributed by atoms with E-state index in [1.54, 1.807) is 6.92 Å². The van der Waals surface area contributed by atoms with Crippen molar-refractivity contribution in [3.63, 3.8) is 0 Å². The van der Waals surface area contributed by atoms with Gasteiger partial charge in [0.2, 0.25) is 5.71 Å². The number of furan rings is 1. The Hall–Kier alpha value is -3.03. The number of piperidine rings is 1. The van der Waals surface area contributed by atoms with Crippen molar-refractivity contribution in [3.05, 3.63) is 47.5 Å². The van der Waals surface area contributed by atoms with Crippen LogP contribution in [0.1, 0.15) is 35.4 Å². The molecule has 1 aliphatic heterocycles. The van der Waals surface area contributed by atoms with Crippen LogP contribution in [-0.2, 0) is 0 Å². The fraction of sp³-hybridized carbons (Fsp3) is 0.316. The molecule has 8 heteroatoms. The molecule has 2 aromatic heterocycles. The van der Waals surface area contributed by atoms with Crippen molar-refractivity contribution in [3.8, 4) is 0 Å². The summed E-state index contributed by atoms with van der Waals surface area (Å²) in [4.78, 5) is 23.5. The zero-order valence-corrected chi connectivity index (χ0v) is 14.8. The van der Waals surface area contributed by atoms with Crippen molar-refractivity contribution >= 4 is 28.5 Å². The third kappa shape index (κ3) is 3.22. The lowest BCUT2D eigenvalue weighted by Gasteiger charge is -2.28. The van der Waals surface area contributed by atoms with Crippen molar-refractivity contribution < 1.29 is 18.0 Å². The maximum atomic E-state index is 13.9. The van der Waals surface area contributed by atoms with Gasteiger partial charge in [0, 0.05) is 19.2 Å². The number of anilines is 2. The second-order valence-electron chi connectivity index (χ2n) is 6.54. The van der Waals surface area contributed by atoms with E-state index < -0.39 is 17.5 Å². The summed E-state index contributed by atoms with van der Waals surface area (Å²) in [5.74, 6) is -0.983. The van der Waals surface area contributed by atoms with Crippen molar-refractivity contribution in [2.24, 2.45) is 0 Å². The van der Waals surface area contributed by atoms with Crippen LogP contribution in [0.15, 0.2) is 28.9 Å². The summed E-state index contributed by atoms with van der Waals surface area (Å²) in [6, 6.07) is 2.90. The van der Waals surface area contributed by atoms with Gasteiger partial charge in [0.15, 0.2) is 0 Å². The van der Waals surface area contributed by atoms with Crippen molar-refractivity contribution in [2.75, 3.05) is 23.3 Å². The second kappa shape index (κ2) is 6.94. The number of nitrogens with zero attached hydrogens (tertiary/aromatic N) is 3. The topological polar surface area (TPSA) is 71.3 Å². The molecule has 3 heterocycles. The van der Waals surface area contributed by atoms with E-state index >= 15 is 0 Å². The Bertz CT molecular complexity index is 1010. The molecular formula is C19H18F2N4O2. The van der Waals surface area contributed by atoms with E-state index in [2.05, 4.69) is 20.2 Å². The van der Waals surface area contributed by atoms with Gasteiger partial charge in [-0.05, 0) is 38.3 Å². The van der Waals surface area contributed by atoms with E-state index in [9.17, 15) is 13.6 Å².